The van der Waals surface area contributed by atoms with E-state index in [0.717, 1.165) is 42.4 Å². The molecule has 1 heterocycles. The van der Waals surface area contributed by atoms with E-state index in [2.05, 4.69) is 41.3 Å². The summed E-state index contributed by atoms with van der Waals surface area (Å²) in [5.74, 6) is 1.24. The van der Waals surface area contributed by atoms with E-state index < -0.39 is 5.60 Å². The second-order valence-electron chi connectivity index (χ2n) is 9.67. The quantitative estimate of drug-likeness (QED) is 0.578. The van der Waals surface area contributed by atoms with Crippen molar-refractivity contribution in [2.75, 3.05) is 26.7 Å². The van der Waals surface area contributed by atoms with Crippen LogP contribution in [0.1, 0.15) is 53.0 Å². The minimum Gasteiger partial charge on any atom is -0.496 e. The van der Waals surface area contributed by atoms with Crippen molar-refractivity contribution in [2.24, 2.45) is 0 Å². The standard InChI is InChI=1S/C28H28ClNO2/c1-32-26-9-5-4-8-24(26)28(31)12-14-30(15-13-28)18-27-17-22(20-6-2-3-7-23(20)27)21-11-10-19(29)16-25(21)27/h2-11,16,22,31H,12-15,17-18H2,1H3. The fourth-order valence-corrected chi connectivity index (χ4v) is 6.75. The predicted molar refractivity (Wildman–Crippen MR) is 128 cm³/mol. The molecule has 2 atom stereocenters. The molecule has 1 saturated heterocycles. The number of aliphatic hydroxyl groups is 1. The van der Waals surface area contributed by atoms with Gasteiger partial charge >= 0.3 is 0 Å². The van der Waals surface area contributed by atoms with Gasteiger partial charge in [-0.25, -0.2) is 0 Å². The minimum atomic E-state index is -0.840. The molecule has 164 valence electrons. The SMILES string of the molecule is COc1ccccc1C1(O)CCN(CC23CC(c4ccccc42)c2ccc(Cl)cc23)CC1. The largest absolute Gasteiger partial charge is 0.496 e. The van der Waals surface area contributed by atoms with Gasteiger partial charge < -0.3 is 14.7 Å². The Bertz CT molecular complexity index is 1180. The highest BCUT2D eigenvalue weighted by molar-refractivity contribution is 6.30. The average molecular weight is 446 g/mol. The van der Waals surface area contributed by atoms with Gasteiger partial charge in [0.1, 0.15) is 5.75 Å². The van der Waals surface area contributed by atoms with Crippen LogP contribution in [0.15, 0.2) is 66.7 Å². The van der Waals surface area contributed by atoms with E-state index in [4.69, 9.17) is 16.3 Å². The van der Waals surface area contributed by atoms with Gasteiger partial charge in [0.15, 0.2) is 0 Å². The van der Waals surface area contributed by atoms with Crippen molar-refractivity contribution in [2.45, 2.75) is 36.2 Å². The zero-order chi connectivity index (χ0) is 21.9. The van der Waals surface area contributed by atoms with Gasteiger partial charge in [0.2, 0.25) is 0 Å². The molecule has 3 aromatic rings. The maximum Gasteiger partial charge on any atom is 0.124 e. The lowest BCUT2D eigenvalue weighted by Gasteiger charge is -2.43. The van der Waals surface area contributed by atoms with Crippen LogP contribution in [-0.4, -0.2) is 36.8 Å². The molecule has 0 amide bonds. The third-order valence-corrected chi connectivity index (χ3v) is 8.33. The number of hydrogen-bond donors (Lipinski definition) is 1. The highest BCUT2D eigenvalue weighted by Gasteiger charge is 2.53. The molecule has 1 N–H and O–H groups in total. The molecule has 4 heteroatoms. The van der Waals surface area contributed by atoms with Crippen LogP contribution in [-0.2, 0) is 11.0 Å². The molecule has 0 radical (unpaired) electrons. The zero-order valence-corrected chi connectivity index (χ0v) is 19.1. The van der Waals surface area contributed by atoms with Crippen LogP contribution in [0, 0.1) is 0 Å². The summed E-state index contributed by atoms with van der Waals surface area (Å²) in [6.45, 7) is 2.69. The third kappa shape index (κ3) is 2.88. The molecular weight excluding hydrogens is 418 g/mol. The van der Waals surface area contributed by atoms with Crippen LogP contribution < -0.4 is 4.74 Å². The minimum absolute atomic E-state index is 0.0125. The Morgan fingerprint density at radius 2 is 1.62 bits per heavy atom. The Morgan fingerprint density at radius 1 is 0.938 bits per heavy atom. The topological polar surface area (TPSA) is 32.7 Å². The van der Waals surface area contributed by atoms with Crippen LogP contribution in [0.2, 0.25) is 5.02 Å². The maximum absolute atomic E-state index is 11.5. The molecule has 0 aromatic heterocycles. The van der Waals surface area contributed by atoms with Crippen molar-refractivity contribution < 1.29 is 9.84 Å². The second kappa shape index (κ2) is 7.34. The molecule has 1 aliphatic heterocycles. The summed E-state index contributed by atoms with van der Waals surface area (Å²) in [5, 5.41) is 12.3. The molecule has 32 heavy (non-hydrogen) atoms. The lowest BCUT2D eigenvalue weighted by atomic mass is 9.74. The average Bonchev–Trinajstić information content (AvgIpc) is 3.32. The van der Waals surface area contributed by atoms with Gasteiger partial charge in [0.25, 0.3) is 0 Å². The van der Waals surface area contributed by atoms with Crippen LogP contribution in [0.25, 0.3) is 0 Å². The molecule has 6 rings (SSSR count). The lowest BCUT2D eigenvalue weighted by Crippen LogP contribution is -2.47. The number of nitrogens with zero attached hydrogens (tertiary/aromatic N) is 1. The highest BCUT2D eigenvalue weighted by Crippen LogP contribution is 2.60. The van der Waals surface area contributed by atoms with Crippen molar-refractivity contribution in [1.29, 1.82) is 0 Å². The monoisotopic (exact) mass is 445 g/mol. The van der Waals surface area contributed by atoms with E-state index in [9.17, 15) is 5.11 Å². The van der Waals surface area contributed by atoms with E-state index in [-0.39, 0.29) is 5.41 Å². The molecule has 0 saturated carbocycles. The molecule has 3 aromatic carbocycles. The van der Waals surface area contributed by atoms with Gasteiger partial charge in [-0.3, -0.25) is 0 Å². The number of methoxy groups -OCH3 is 1. The van der Waals surface area contributed by atoms with Crippen molar-refractivity contribution >= 4 is 11.6 Å². The summed E-state index contributed by atoms with van der Waals surface area (Å²) in [6.07, 6.45) is 2.53. The summed E-state index contributed by atoms with van der Waals surface area (Å²) in [6, 6.07) is 23.3. The van der Waals surface area contributed by atoms with Crippen molar-refractivity contribution in [3.63, 3.8) is 0 Å². The van der Waals surface area contributed by atoms with E-state index in [0.29, 0.717) is 18.8 Å². The normalized spacial score (nSPS) is 25.4. The summed E-state index contributed by atoms with van der Waals surface area (Å²) in [7, 11) is 1.67. The maximum atomic E-state index is 11.5. The van der Waals surface area contributed by atoms with Gasteiger partial charge in [-0.15, -0.1) is 0 Å². The Labute approximate surface area is 194 Å². The number of piperidine rings is 1. The van der Waals surface area contributed by atoms with Gasteiger partial charge in [0.05, 0.1) is 12.7 Å². The predicted octanol–water partition coefficient (Wildman–Crippen LogP) is 5.47. The number of halogens is 1. The molecule has 2 bridgehead atoms. The first-order valence-electron chi connectivity index (χ1n) is 11.5. The number of benzene rings is 3. The van der Waals surface area contributed by atoms with Crippen molar-refractivity contribution in [3.8, 4) is 5.75 Å². The number of likely N-dealkylation sites (tertiary alicyclic amines) is 1. The van der Waals surface area contributed by atoms with Crippen LogP contribution in [0.3, 0.4) is 0 Å². The van der Waals surface area contributed by atoms with Gasteiger partial charge in [-0.1, -0.05) is 60.1 Å². The molecule has 3 nitrogen and oxygen atoms in total. The molecule has 1 fully saturated rings. The third-order valence-electron chi connectivity index (χ3n) is 8.10. The number of hydrogen-bond acceptors (Lipinski definition) is 3. The highest BCUT2D eigenvalue weighted by atomic mass is 35.5. The first-order chi connectivity index (χ1) is 15.5. The number of para-hydroxylation sites is 1. The first-order valence-corrected chi connectivity index (χ1v) is 11.9. The smallest absolute Gasteiger partial charge is 0.124 e. The van der Waals surface area contributed by atoms with Crippen LogP contribution in [0.5, 0.6) is 5.75 Å². The fourth-order valence-electron chi connectivity index (χ4n) is 6.58. The van der Waals surface area contributed by atoms with Crippen molar-refractivity contribution in [1.82, 2.24) is 4.90 Å². The molecule has 3 aliphatic rings. The second-order valence-corrected chi connectivity index (χ2v) is 10.1. The number of ether oxygens (including phenoxy) is 1. The van der Waals surface area contributed by atoms with E-state index in [1.165, 1.54) is 22.3 Å². The summed E-state index contributed by atoms with van der Waals surface area (Å²) in [4.78, 5) is 2.54. The first kappa shape index (κ1) is 20.3. The molecular formula is C28H28ClNO2. The summed E-state index contributed by atoms with van der Waals surface area (Å²) in [5.41, 5.74) is 5.84. The molecule has 2 aliphatic carbocycles. The van der Waals surface area contributed by atoms with Crippen molar-refractivity contribution in [3.05, 3.63) is 99.6 Å². The Balaban J connectivity index is 1.30. The van der Waals surface area contributed by atoms with E-state index in [1.807, 2.05) is 30.3 Å². The van der Waals surface area contributed by atoms with Gasteiger partial charge in [-0.2, -0.15) is 0 Å². The number of fused-ring (bicyclic) bond motifs is 8. The molecule has 2 unspecified atom stereocenters. The Kier molecular flexibility index (Phi) is 4.66. The van der Waals surface area contributed by atoms with Crippen LogP contribution >= 0.6 is 11.6 Å². The van der Waals surface area contributed by atoms with E-state index in [1.54, 1.807) is 7.11 Å². The summed E-state index contributed by atoms with van der Waals surface area (Å²) >= 11 is 6.47. The molecule has 0 spiro atoms. The fraction of sp³-hybridized carbons (Fsp3) is 0.357. The van der Waals surface area contributed by atoms with Crippen LogP contribution in [0.4, 0.5) is 0 Å². The number of rotatable bonds is 4. The van der Waals surface area contributed by atoms with E-state index >= 15 is 0 Å². The Morgan fingerprint density at radius 3 is 2.41 bits per heavy atom. The lowest BCUT2D eigenvalue weighted by molar-refractivity contribution is -0.0304. The van der Waals surface area contributed by atoms with Gasteiger partial charge in [0, 0.05) is 41.6 Å². The Hall–Kier alpha value is -2.33. The summed E-state index contributed by atoms with van der Waals surface area (Å²) < 4.78 is 5.54. The van der Waals surface area contributed by atoms with Gasteiger partial charge in [-0.05, 0) is 59.7 Å². The zero-order valence-electron chi connectivity index (χ0n) is 18.4.